The molecule has 2 aliphatic rings. The van der Waals surface area contributed by atoms with E-state index in [-0.39, 0.29) is 11.8 Å². The number of piperidine rings is 1. The van der Waals surface area contributed by atoms with Gasteiger partial charge < -0.3 is 19.3 Å². The normalized spacial score (nSPS) is 16.4. The molecule has 2 aromatic rings. The number of amides is 1. The van der Waals surface area contributed by atoms with E-state index in [2.05, 4.69) is 11.0 Å². The van der Waals surface area contributed by atoms with Crippen LogP contribution in [0.4, 0.5) is 4.79 Å². The van der Waals surface area contributed by atoms with Crippen molar-refractivity contribution in [3.05, 3.63) is 59.8 Å². The molecule has 1 saturated heterocycles. The van der Waals surface area contributed by atoms with Crippen molar-refractivity contribution in [3.8, 4) is 0 Å². The highest BCUT2D eigenvalue weighted by molar-refractivity contribution is 5.94. The fourth-order valence-corrected chi connectivity index (χ4v) is 4.57. The van der Waals surface area contributed by atoms with Crippen LogP contribution in [0.2, 0.25) is 0 Å². The number of likely N-dealkylation sites (N-methyl/N-ethyl adjacent to an activating group) is 1. The van der Waals surface area contributed by atoms with Crippen LogP contribution in [0.1, 0.15) is 31.2 Å². The lowest BCUT2D eigenvalue weighted by Gasteiger charge is -2.31. The summed E-state index contributed by atoms with van der Waals surface area (Å²) in [4.78, 5) is 41.8. The molecule has 186 valence electrons. The van der Waals surface area contributed by atoms with Crippen LogP contribution in [0.15, 0.2) is 54.3 Å². The molecule has 0 saturated carbocycles. The van der Waals surface area contributed by atoms with Gasteiger partial charge in [0.25, 0.3) is 0 Å². The Kier molecular flexibility index (Phi) is 8.02. The molecule has 0 radical (unpaired) electrons. The predicted molar refractivity (Wildman–Crippen MR) is 133 cm³/mol. The fourth-order valence-electron chi connectivity index (χ4n) is 4.57. The number of fused-ring (bicyclic) bond motifs is 1. The molecule has 0 unspecified atom stereocenters. The van der Waals surface area contributed by atoms with E-state index >= 15 is 0 Å². The lowest BCUT2D eigenvalue weighted by Crippen LogP contribution is -2.41. The number of aromatic nitrogens is 1. The van der Waals surface area contributed by atoms with Crippen molar-refractivity contribution in [1.82, 2.24) is 14.4 Å². The molecule has 1 fully saturated rings. The van der Waals surface area contributed by atoms with Gasteiger partial charge in [-0.15, -0.1) is 0 Å². The maximum atomic E-state index is 12.7. The zero-order chi connectivity index (χ0) is 24.8. The first-order valence-electron chi connectivity index (χ1n) is 12.1. The first-order valence-corrected chi connectivity index (χ1v) is 12.1. The minimum Gasteiger partial charge on any atom is -0.428 e. The molecule has 1 amide bonds. The highest BCUT2D eigenvalue weighted by Crippen LogP contribution is 2.24. The Labute approximate surface area is 205 Å². The molecule has 8 nitrogen and oxygen atoms in total. The largest absolute Gasteiger partial charge is 0.428 e. The smallest absolute Gasteiger partial charge is 0.421 e. The number of rotatable bonds is 7. The summed E-state index contributed by atoms with van der Waals surface area (Å²) in [7, 11) is 4.02. The Morgan fingerprint density at radius 1 is 1.06 bits per heavy atom. The van der Waals surface area contributed by atoms with Crippen molar-refractivity contribution in [1.29, 1.82) is 0 Å². The van der Waals surface area contributed by atoms with Gasteiger partial charge in [0.05, 0.1) is 11.4 Å². The summed E-state index contributed by atoms with van der Waals surface area (Å²) in [5.41, 5.74) is 2.64. The van der Waals surface area contributed by atoms with E-state index in [1.807, 2.05) is 50.5 Å². The Bertz CT molecular complexity index is 1140. The summed E-state index contributed by atoms with van der Waals surface area (Å²) in [5.74, 6) is -0.643. The Morgan fingerprint density at radius 2 is 1.83 bits per heavy atom. The molecule has 0 bridgehead atoms. The number of nitrogens with zero attached hydrogens (tertiary/aromatic N) is 3. The van der Waals surface area contributed by atoms with Gasteiger partial charge in [0, 0.05) is 36.8 Å². The first kappa shape index (κ1) is 24.7. The predicted octanol–water partition coefficient (Wildman–Crippen LogP) is 3.75. The van der Waals surface area contributed by atoms with Gasteiger partial charge in [-0.3, -0.25) is 14.2 Å². The van der Waals surface area contributed by atoms with E-state index in [1.165, 1.54) is 4.57 Å². The molecule has 35 heavy (non-hydrogen) atoms. The molecular formula is C27H33N3O5. The van der Waals surface area contributed by atoms with Crippen LogP contribution in [-0.2, 0) is 25.5 Å². The SMILES string of the molecule is CN(C)CCc1cn(C(=O)OCOC(=O)C2CCN(C(=O)C3=CCC=CC3)CC2)c2ccccc12. The number of carbonyl (C=O) groups is 3. The monoisotopic (exact) mass is 479 g/mol. The van der Waals surface area contributed by atoms with Gasteiger partial charge in [0.2, 0.25) is 12.7 Å². The number of likely N-dealkylation sites (tertiary alicyclic amines) is 1. The third kappa shape index (κ3) is 6.00. The number of benzene rings is 1. The Hall–Kier alpha value is -3.39. The lowest BCUT2D eigenvalue weighted by molar-refractivity contribution is -0.159. The van der Waals surface area contributed by atoms with Gasteiger partial charge in [-0.05, 0) is 57.8 Å². The van der Waals surface area contributed by atoms with Gasteiger partial charge >= 0.3 is 12.1 Å². The van der Waals surface area contributed by atoms with E-state index in [0.29, 0.717) is 32.4 Å². The number of ether oxygens (including phenoxy) is 2. The molecule has 1 aliphatic heterocycles. The topological polar surface area (TPSA) is 81.1 Å². The molecule has 0 spiro atoms. The summed E-state index contributed by atoms with van der Waals surface area (Å²) in [6, 6.07) is 7.68. The fraction of sp³-hybridized carbons (Fsp3) is 0.444. The highest BCUT2D eigenvalue weighted by Gasteiger charge is 2.29. The van der Waals surface area contributed by atoms with E-state index in [0.717, 1.165) is 41.4 Å². The van der Waals surface area contributed by atoms with Gasteiger partial charge in [0.1, 0.15) is 0 Å². The lowest BCUT2D eigenvalue weighted by atomic mass is 9.95. The number of carbonyl (C=O) groups excluding carboxylic acids is 3. The average molecular weight is 480 g/mol. The molecule has 8 heteroatoms. The van der Waals surface area contributed by atoms with Crippen molar-refractivity contribution in [2.45, 2.75) is 32.1 Å². The van der Waals surface area contributed by atoms with Crippen LogP contribution in [0.5, 0.6) is 0 Å². The van der Waals surface area contributed by atoms with Crippen LogP contribution < -0.4 is 0 Å². The first-order chi connectivity index (χ1) is 16.9. The number of esters is 1. The van der Waals surface area contributed by atoms with E-state index in [1.54, 1.807) is 11.1 Å². The zero-order valence-corrected chi connectivity index (χ0v) is 20.4. The average Bonchev–Trinajstić information content (AvgIpc) is 3.26. The quantitative estimate of drug-likeness (QED) is 0.342. The van der Waals surface area contributed by atoms with E-state index in [4.69, 9.17) is 9.47 Å². The number of allylic oxidation sites excluding steroid dienone is 3. The zero-order valence-electron chi connectivity index (χ0n) is 20.4. The van der Waals surface area contributed by atoms with Crippen molar-refractivity contribution in [2.75, 3.05) is 40.5 Å². The van der Waals surface area contributed by atoms with Gasteiger partial charge in [-0.2, -0.15) is 0 Å². The number of hydrogen-bond acceptors (Lipinski definition) is 6. The Morgan fingerprint density at radius 3 is 2.54 bits per heavy atom. The molecule has 1 aromatic heterocycles. The van der Waals surface area contributed by atoms with Gasteiger partial charge in [0.15, 0.2) is 0 Å². The van der Waals surface area contributed by atoms with E-state index in [9.17, 15) is 14.4 Å². The summed E-state index contributed by atoms with van der Waals surface area (Å²) < 4.78 is 12.0. The molecular weight excluding hydrogens is 446 g/mol. The van der Waals surface area contributed by atoms with Crippen LogP contribution in [0, 0.1) is 5.92 Å². The second-order valence-electron chi connectivity index (χ2n) is 9.29. The van der Waals surface area contributed by atoms with Gasteiger partial charge in [-0.25, -0.2) is 4.79 Å². The van der Waals surface area contributed by atoms with Crippen molar-refractivity contribution in [2.24, 2.45) is 5.92 Å². The third-order valence-electron chi connectivity index (χ3n) is 6.60. The number of hydrogen-bond donors (Lipinski definition) is 0. The summed E-state index contributed by atoms with van der Waals surface area (Å²) in [5, 5.41) is 1.00. The minimum atomic E-state index is -0.583. The van der Waals surface area contributed by atoms with Crippen molar-refractivity contribution >= 4 is 28.9 Å². The third-order valence-corrected chi connectivity index (χ3v) is 6.60. The maximum Gasteiger partial charge on any atom is 0.421 e. The molecule has 2 heterocycles. The summed E-state index contributed by atoms with van der Waals surface area (Å²) >= 11 is 0. The second kappa shape index (κ2) is 11.4. The molecule has 0 atom stereocenters. The van der Waals surface area contributed by atoms with Crippen molar-refractivity contribution < 1.29 is 23.9 Å². The molecule has 1 aromatic carbocycles. The van der Waals surface area contributed by atoms with Gasteiger partial charge in [-0.1, -0.05) is 36.4 Å². The Balaban J connectivity index is 1.26. The molecule has 4 rings (SSSR count). The van der Waals surface area contributed by atoms with E-state index < -0.39 is 18.9 Å². The highest BCUT2D eigenvalue weighted by atomic mass is 16.7. The molecule has 1 aliphatic carbocycles. The number of para-hydroxylation sites is 1. The van der Waals surface area contributed by atoms with Crippen LogP contribution >= 0.6 is 0 Å². The van der Waals surface area contributed by atoms with Crippen LogP contribution in [0.25, 0.3) is 10.9 Å². The van der Waals surface area contributed by atoms with Crippen molar-refractivity contribution in [3.63, 3.8) is 0 Å². The van der Waals surface area contributed by atoms with Crippen LogP contribution in [-0.4, -0.2) is 72.9 Å². The van der Waals surface area contributed by atoms with Crippen LogP contribution in [0.3, 0.4) is 0 Å². The summed E-state index contributed by atoms with van der Waals surface area (Å²) in [6.45, 7) is 1.46. The molecule has 0 N–H and O–H groups in total. The standard InChI is InChI=1S/C27H33N3O5/c1-28(2)15-12-22-18-30(24-11-7-6-10-23(22)24)27(33)35-19-34-26(32)21-13-16-29(17-14-21)25(31)20-8-4-3-5-9-20/h3-4,6-7,9-11,18,21H,5,8,12-17,19H2,1-2H3. The second-order valence-corrected chi connectivity index (χ2v) is 9.29. The minimum absolute atomic E-state index is 0.0546. The maximum absolute atomic E-state index is 12.7. The summed E-state index contributed by atoms with van der Waals surface area (Å²) in [6.07, 6.45) is 10.6.